The molecule has 0 fully saturated rings. The number of carbonyl (C=O) groups is 1. The van der Waals surface area contributed by atoms with E-state index in [1.54, 1.807) is 17.5 Å². The molecule has 3 nitrogen and oxygen atoms in total. The maximum Gasteiger partial charge on any atom is 0.231 e. The van der Waals surface area contributed by atoms with Crippen molar-refractivity contribution < 1.29 is 4.79 Å². The Morgan fingerprint density at radius 2 is 2.58 bits per heavy atom. The number of carbonyl (C=O) groups excluding carboxylic acids is 1. The first-order valence-electron chi connectivity index (χ1n) is 3.46. The summed E-state index contributed by atoms with van der Waals surface area (Å²) in [5, 5.41) is 4.01. The molecule has 0 aliphatic carbocycles. The van der Waals surface area contributed by atoms with Crippen molar-refractivity contribution >= 4 is 33.2 Å². The number of hydrogen-bond donors (Lipinski definition) is 1. The summed E-state index contributed by atoms with van der Waals surface area (Å²) in [6, 6.07) is 0. The molecule has 5 heteroatoms. The molecular formula is C7H9BrN2OS. The van der Waals surface area contributed by atoms with Gasteiger partial charge in [-0.1, -0.05) is 15.9 Å². The van der Waals surface area contributed by atoms with Gasteiger partial charge in [-0.25, -0.2) is 4.98 Å². The van der Waals surface area contributed by atoms with Crippen molar-refractivity contribution in [1.82, 2.24) is 10.3 Å². The second-order valence-corrected chi connectivity index (χ2v) is 4.16. The van der Waals surface area contributed by atoms with Crippen molar-refractivity contribution in [3.8, 4) is 0 Å². The van der Waals surface area contributed by atoms with Gasteiger partial charge in [0.1, 0.15) is 5.01 Å². The van der Waals surface area contributed by atoms with Crippen molar-refractivity contribution in [2.75, 3.05) is 5.33 Å². The molecule has 0 aliphatic heterocycles. The first-order valence-corrected chi connectivity index (χ1v) is 5.40. The molecule has 12 heavy (non-hydrogen) atoms. The standard InChI is InChI=1S/C7H9BrN2OS/c1-5-3-10-7(12-5)4-9-6(11)2-8/h3H,2,4H2,1H3,(H,9,11). The highest BCUT2D eigenvalue weighted by Gasteiger charge is 2.00. The minimum atomic E-state index is -0.0112. The molecule has 0 saturated carbocycles. The Kier molecular flexibility index (Phi) is 3.68. The van der Waals surface area contributed by atoms with Gasteiger partial charge < -0.3 is 5.32 Å². The summed E-state index contributed by atoms with van der Waals surface area (Å²) < 4.78 is 0. The molecule has 1 aromatic heterocycles. The topological polar surface area (TPSA) is 42.0 Å². The zero-order chi connectivity index (χ0) is 8.97. The third-order valence-electron chi connectivity index (χ3n) is 1.23. The third kappa shape index (κ3) is 2.91. The van der Waals surface area contributed by atoms with Gasteiger partial charge in [-0.05, 0) is 6.92 Å². The van der Waals surface area contributed by atoms with E-state index in [1.165, 1.54) is 0 Å². The lowest BCUT2D eigenvalue weighted by Gasteiger charge is -1.97. The van der Waals surface area contributed by atoms with Gasteiger partial charge in [-0.2, -0.15) is 0 Å². The summed E-state index contributed by atoms with van der Waals surface area (Å²) >= 11 is 4.66. The van der Waals surface area contributed by atoms with Crippen LogP contribution in [0, 0.1) is 6.92 Å². The molecular weight excluding hydrogens is 240 g/mol. The Balaban J connectivity index is 2.38. The van der Waals surface area contributed by atoms with Crippen molar-refractivity contribution in [3.05, 3.63) is 16.1 Å². The first kappa shape index (κ1) is 9.67. The van der Waals surface area contributed by atoms with Crippen molar-refractivity contribution in [2.24, 2.45) is 0 Å². The van der Waals surface area contributed by atoms with E-state index in [4.69, 9.17) is 0 Å². The normalized spacial score (nSPS) is 9.83. The fourth-order valence-corrected chi connectivity index (χ4v) is 1.63. The Hall–Kier alpha value is -0.420. The highest BCUT2D eigenvalue weighted by molar-refractivity contribution is 9.09. The zero-order valence-corrected chi connectivity index (χ0v) is 9.04. The monoisotopic (exact) mass is 248 g/mol. The predicted octanol–water partition coefficient (Wildman–Crippen LogP) is 1.46. The lowest BCUT2D eigenvalue weighted by molar-refractivity contribution is -0.118. The SMILES string of the molecule is Cc1cnc(CNC(=O)CBr)s1. The van der Waals surface area contributed by atoms with Crippen LogP contribution in [-0.2, 0) is 11.3 Å². The fourth-order valence-electron chi connectivity index (χ4n) is 0.705. The molecule has 0 spiro atoms. The molecule has 1 rings (SSSR count). The number of aromatic nitrogens is 1. The van der Waals surface area contributed by atoms with E-state index in [0.29, 0.717) is 11.9 Å². The number of alkyl halides is 1. The summed E-state index contributed by atoms with van der Waals surface area (Å²) in [7, 11) is 0. The average Bonchev–Trinajstić information content (AvgIpc) is 2.47. The van der Waals surface area contributed by atoms with Crippen LogP contribution in [-0.4, -0.2) is 16.2 Å². The Morgan fingerprint density at radius 3 is 3.08 bits per heavy atom. The molecule has 0 radical (unpaired) electrons. The van der Waals surface area contributed by atoms with Crippen LogP contribution in [0.2, 0.25) is 0 Å². The second kappa shape index (κ2) is 4.57. The molecule has 1 N–H and O–H groups in total. The molecule has 0 aromatic carbocycles. The van der Waals surface area contributed by atoms with E-state index in [-0.39, 0.29) is 5.91 Å². The molecule has 0 atom stereocenters. The molecule has 66 valence electrons. The summed E-state index contributed by atoms with van der Waals surface area (Å²) in [5.41, 5.74) is 0. The van der Waals surface area contributed by atoms with Crippen molar-refractivity contribution in [3.63, 3.8) is 0 Å². The Morgan fingerprint density at radius 1 is 1.83 bits per heavy atom. The van der Waals surface area contributed by atoms with Crippen LogP contribution >= 0.6 is 27.3 Å². The predicted molar refractivity (Wildman–Crippen MR) is 52.5 cm³/mol. The molecule has 0 unspecified atom stereocenters. The highest BCUT2D eigenvalue weighted by atomic mass is 79.9. The van der Waals surface area contributed by atoms with E-state index in [2.05, 4.69) is 26.2 Å². The quantitative estimate of drug-likeness (QED) is 0.824. The van der Waals surface area contributed by atoms with Gasteiger partial charge in [0.25, 0.3) is 0 Å². The van der Waals surface area contributed by atoms with Crippen molar-refractivity contribution in [1.29, 1.82) is 0 Å². The van der Waals surface area contributed by atoms with Crippen LogP contribution in [0.1, 0.15) is 9.88 Å². The number of halogens is 1. The first-order chi connectivity index (χ1) is 5.72. The minimum absolute atomic E-state index is 0.0112. The van der Waals surface area contributed by atoms with Gasteiger partial charge in [0, 0.05) is 11.1 Å². The van der Waals surface area contributed by atoms with E-state index in [1.807, 2.05) is 6.92 Å². The van der Waals surface area contributed by atoms with Crippen LogP contribution in [0.3, 0.4) is 0 Å². The minimum Gasteiger partial charge on any atom is -0.349 e. The van der Waals surface area contributed by atoms with Gasteiger partial charge >= 0.3 is 0 Å². The Labute approximate surface area is 83.3 Å². The van der Waals surface area contributed by atoms with Crippen LogP contribution in [0.15, 0.2) is 6.20 Å². The lowest BCUT2D eigenvalue weighted by Crippen LogP contribution is -2.23. The van der Waals surface area contributed by atoms with Crippen LogP contribution < -0.4 is 5.32 Å². The highest BCUT2D eigenvalue weighted by Crippen LogP contribution is 2.10. The van der Waals surface area contributed by atoms with Crippen molar-refractivity contribution in [2.45, 2.75) is 13.5 Å². The Bertz CT molecular complexity index is 274. The summed E-state index contributed by atoms with van der Waals surface area (Å²) in [5.74, 6) is -0.0112. The van der Waals surface area contributed by atoms with Gasteiger partial charge in [-0.15, -0.1) is 11.3 Å². The number of hydrogen-bond acceptors (Lipinski definition) is 3. The summed E-state index contributed by atoms with van der Waals surface area (Å²) in [4.78, 5) is 16.1. The number of nitrogens with zero attached hydrogens (tertiary/aromatic N) is 1. The number of amides is 1. The lowest BCUT2D eigenvalue weighted by atomic mass is 10.6. The fraction of sp³-hybridized carbons (Fsp3) is 0.429. The second-order valence-electron chi connectivity index (χ2n) is 2.28. The molecule has 0 bridgehead atoms. The number of nitrogens with one attached hydrogen (secondary N) is 1. The van der Waals surface area contributed by atoms with E-state index < -0.39 is 0 Å². The zero-order valence-electron chi connectivity index (χ0n) is 6.63. The third-order valence-corrected chi connectivity index (χ3v) is 2.65. The average molecular weight is 249 g/mol. The van der Waals surface area contributed by atoms with Crippen LogP contribution in [0.4, 0.5) is 0 Å². The summed E-state index contributed by atoms with van der Waals surface area (Å²) in [6.45, 7) is 2.52. The summed E-state index contributed by atoms with van der Waals surface area (Å²) in [6.07, 6.45) is 1.81. The maximum absolute atomic E-state index is 10.8. The van der Waals surface area contributed by atoms with Gasteiger partial charge in [0.05, 0.1) is 11.9 Å². The van der Waals surface area contributed by atoms with Gasteiger partial charge in [-0.3, -0.25) is 4.79 Å². The largest absolute Gasteiger partial charge is 0.349 e. The molecule has 0 aliphatic rings. The number of thiazole rings is 1. The number of aryl methyl sites for hydroxylation is 1. The van der Waals surface area contributed by atoms with Gasteiger partial charge in [0.2, 0.25) is 5.91 Å². The maximum atomic E-state index is 10.8. The van der Waals surface area contributed by atoms with E-state index in [9.17, 15) is 4.79 Å². The van der Waals surface area contributed by atoms with Gasteiger partial charge in [0.15, 0.2) is 0 Å². The smallest absolute Gasteiger partial charge is 0.231 e. The number of rotatable bonds is 3. The van der Waals surface area contributed by atoms with E-state index in [0.717, 1.165) is 9.88 Å². The molecule has 1 heterocycles. The van der Waals surface area contributed by atoms with E-state index >= 15 is 0 Å². The molecule has 1 aromatic rings. The molecule has 1 amide bonds. The van der Waals surface area contributed by atoms with Crippen LogP contribution in [0.25, 0.3) is 0 Å². The molecule has 0 saturated heterocycles. The van der Waals surface area contributed by atoms with Crippen LogP contribution in [0.5, 0.6) is 0 Å².